The molecule has 1 aliphatic heterocycles. The zero-order chi connectivity index (χ0) is 24.0. The van der Waals surface area contributed by atoms with E-state index in [1.54, 1.807) is 32.4 Å². The molecule has 1 unspecified atom stereocenters. The Bertz CT molecular complexity index is 1110. The molecule has 1 heterocycles. The summed E-state index contributed by atoms with van der Waals surface area (Å²) in [7, 11) is -0.444. The zero-order valence-corrected chi connectivity index (χ0v) is 20.6. The third kappa shape index (κ3) is 6.02. The van der Waals surface area contributed by atoms with Gasteiger partial charge in [-0.25, -0.2) is 13.1 Å². The number of methoxy groups -OCH3 is 2. The van der Waals surface area contributed by atoms with Crippen molar-refractivity contribution in [3.05, 3.63) is 59.0 Å². The van der Waals surface area contributed by atoms with E-state index in [9.17, 15) is 8.42 Å². The van der Waals surface area contributed by atoms with Crippen LogP contribution < -0.4 is 29.1 Å². The lowest BCUT2D eigenvalue weighted by molar-refractivity contribution is 0.190. The van der Waals surface area contributed by atoms with Crippen LogP contribution in [0, 0.1) is 0 Å². The molecule has 2 N–H and O–H groups in total. The molecule has 184 valence electrons. The van der Waals surface area contributed by atoms with E-state index >= 15 is 0 Å². The van der Waals surface area contributed by atoms with Crippen LogP contribution in [0.3, 0.4) is 0 Å². The number of hydrogen-bond donors (Lipinski definition) is 2. The first-order chi connectivity index (χ1) is 16.5. The molecule has 9 heteroatoms. The van der Waals surface area contributed by atoms with E-state index in [1.165, 1.54) is 0 Å². The molecule has 0 spiro atoms. The summed E-state index contributed by atoms with van der Waals surface area (Å²) in [5, 5.41) is 3.36. The van der Waals surface area contributed by atoms with Crippen molar-refractivity contribution in [1.82, 2.24) is 10.0 Å². The number of sulfonamides is 1. The number of nitrogens with zero attached hydrogens (tertiary/aromatic N) is 1. The van der Waals surface area contributed by atoms with Crippen molar-refractivity contribution in [1.29, 1.82) is 0 Å². The topological polar surface area (TPSA) is 89.1 Å². The Morgan fingerprint density at radius 1 is 1.06 bits per heavy atom. The molecule has 4 rings (SSSR count). The van der Waals surface area contributed by atoms with Gasteiger partial charge in [-0.15, -0.1) is 0 Å². The maximum Gasteiger partial charge on any atom is 0.236 e. The van der Waals surface area contributed by atoms with Crippen LogP contribution in [-0.2, 0) is 16.6 Å². The Morgan fingerprint density at radius 3 is 2.56 bits per heavy atom. The molecule has 1 fully saturated rings. The highest BCUT2D eigenvalue weighted by molar-refractivity contribution is 7.93. The first-order valence-electron chi connectivity index (χ1n) is 11.6. The smallest absolute Gasteiger partial charge is 0.236 e. The van der Waals surface area contributed by atoms with Gasteiger partial charge >= 0.3 is 0 Å². The molecule has 2 aromatic rings. The molecule has 2 aromatic carbocycles. The van der Waals surface area contributed by atoms with Crippen molar-refractivity contribution in [2.75, 3.05) is 45.3 Å². The highest BCUT2D eigenvalue weighted by atomic mass is 32.2. The normalized spacial score (nSPS) is 18.8. The number of piperazine rings is 1. The minimum absolute atomic E-state index is 0.0388. The largest absolute Gasteiger partial charge is 0.493 e. The third-order valence-corrected chi connectivity index (χ3v) is 7.77. The van der Waals surface area contributed by atoms with Crippen LogP contribution in [0.25, 0.3) is 0 Å². The molecule has 2 aliphatic rings. The Labute approximate surface area is 201 Å². The zero-order valence-electron chi connectivity index (χ0n) is 19.7. The Kier molecular flexibility index (Phi) is 7.97. The van der Waals surface area contributed by atoms with Gasteiger partial charge < -0.3 is 24.4 Å². The fourth-order valence-corrected chi connectivity index (χ4v) is 5.51. The summed E-state index contributed by atoms with van der Waals surface area (Å²) in [6.07, 6.45) is 3.41. The molecule has 0 aromatic heterocycles. The monoisotopic (exact) mass is 487 g/mol. The number of benzene rings is 2. The fourth-order valence-electron chi connectivity index (χ4n) is 4.27. The molecule has 34 heavy (non-hydrogen) atoms. The van der Waals surface area contributed by atoms with Gasteiger partial charge in [0.2, 0.25) is 10.0 Å². The van der Waals surface area contributed by atoms with Crippen molar-refractivity contribution in [3.8, 4) is 17.2 Å². The van der Waals surface area contributed by atoms with Crippen molar-refractivity contribution in [3.63, 3.8) is 0 Å². The summed E-state index contributed by atoms with van der Waals surface area (Å²) in [4.78, 5) is 2.77. The number of rotatable bonds is 9. The highest BCUT2D eigenvalue weighted by Crippen LogP contribution is 2.29. The first kappa shape index (κ1) is 24.4. The number of nitrogens with one attached hydrogen (secondary N) is 2. The molecule has 0 bridgehead atoms. The number of ether oxygens (including phenoxy) is 3. The minimum Gasteiger partial charge on any atom is -0.493 e. The Hall–Kier alpha value is -2.75. The van der Waals surface area contributed by atoms with Gasteiger partial charge in [0.15, 0.2) is 11.5 Å². The Morgan fingerprint density at radius 2 is 1.85 bits per heavy atom. The van der Waals surface area contributed by atoms with E-state index in [0.29, 0.717) is 35.7 Å². The van der Waals surface area contributed by atoms with Crippen LogP contribution in [0.1, 0.15) is 24.8 Å². The van der Waals surface area contributed by atoms with Gasteiger partial charge in [-0.2, -0.15) is 0 Å². The van der Waals surface area contributed by atoms with E-state index in [4.69, 9.17) is 14.2 Å². The van der Waals surface area contributed by atoms with Gasteiger partial charge in [-0.3, -0.25) is 0 Å². The quantitative estimate of drug-likeness (QED) is 0.562. The molecular formula is C25H33N3O5S. The first-order valence-corrected chi connectivity index (χ1v) is 13.1. The number of allylic oxidation sites excluding steroid dienone is 1. The fraction of sp³-hybridized carbons (Fsp3) is 0.440. The molecular weight excluding hydrogens is 454 g/mol. The van der Waals surface area contributed by atoms with E-state index in [2.05, 4.69) is 27.1 Å². The summed E-state index contributed by atoms with van der Waals surface area (Å²) in [5.41, 5.74) is 1.95. The highest BCUT2D eigenvalue weighted by Gasteiger charge is 2.24. The van der Waals surface area contributed by atoms with Crippen LogP contribution in [0.4, 0.5) is 5.69 Å². The lowest BCUT2D eigenvalue weighted by Gasteiger charge is -2.30. The number of hydrogen-bond acceptors (Lipinski definition) is 7. The van der Waals surface area contributed by atoms with Crippen LogP contribution >= 0.6 is 0 Å². The van der Waals surface area contributed by atoms with E-state index < -0.39 is 10.0 Å². The molecule has 8 nitrogen and oxygen atoms in total. The number of anilines is 1. The lowest BCUT2D eigenvalue weighted by atomic mass is 10.0. The molecule has 0 radical (unpaired) electrons. The second-order valence-electron chi connectivity index (χ2n) is 8.43. The van der Waals surface area contributed by atoms with Crippen LogP contribution in [0.15, 0.2) is 53.4 Å². The SMILES string of the molecule is COc1ccc(CNS(=O)(=O)C2=CCC(Oc3cccc(N4CCNCC4)c3)CC2)cc1OC. The molecule has 1 atom stereocenters. The van der Waals surface area contributed by atoms with Gasteiger partial charge in [-0.05, 0) is 42.7 Å². The summed E-state index contributed by atoms with van der Waals surface area (Å²) >= 11 is 0. The third-order valence-electron chi connectivity index (χ3n) is 6.18. The van der Waals surface area contributed by atoms with Crippen molar-refractivity contribution < 1.29 is 22.6 Å². The van der Waals surface area contributed by atoms with Gasteiger partial charge in [0.25, 0.3) is 0 Å². The maximum absolute atomic E-state index is 12.8. The van der Waals surface area contributed by atoms with E-state index in [0.717, 1.165) is 43.2 Å². The molecule has 1 aliphatic carbocycles. The second kappa shape index (κ2) is 11.1. The van der Waals surface area contributed by atoms with Crippen LogP contribution in [0.2, 0.25) is 0 Å². The second-order valence-corrected chi connectivity index (χ2v) is 10.3. The van der Waals surface area contributed by atoms with Crippen molar-refractivity contribution in [2.45, 2.75) is 31.9 Å². The van der Waals surface area contributed by atoms with Gasteiger partial charge in [0, 0.05) is 50.9 Å². The van der Waals surface area contributed by atoms with E-state index in [-0.39, 0.29) is 12.6 Å². The summed E-state index contributed by atoms with van der Waals surface area (Å²) in [5.74, 6) is 2.00. The van der Waals surface area contributed by atoms with Crippen LogP contribution in [-0.4, -0.2) is 54.9 Å². The Balaban J connectivity index is 1.33. The average Bonchev–Trinajstić information content (AvgIpc) is 2.88. The minimum atomic E-state index is -3.56. The van der Waals surface area contributed by atoms with Gasteiger partial charge in [0.1, 0.15) is 11.9 Å². The predicted octanol–water partition coefficient (Wildman–Crippen LogP) is 3.05. The standard InChI is InChI=1S/C25H33N3O5S/c1-31-24-11-6-19(16-25(24)32-2)18-27-34(29,30)23-9-7-21(8-10-23)33-22-5-3-4-20(17-22)28-14-12-26-13-15-28/h3-6,9,11,16-17,21,26-27H,7-8,10,12-15,18H2,1-2H3. The van der Waals surface area contributed by atoms with Crippen molar-refractivity contribution in [2.24, 2.45) is 0 Å². The van der Waals surface area contributed by atoms with Crippen LogP contribution in [0.5, 0.6) is 17.2 Å². The van der Waals surface area contributed by atoms with Gasteiger partial charge in [-0.1, -0.05) is 18.2 Å². The predicted molar refractivity (Wildman–Crippen MR) is 133 cm³/mol. The summed E-state index contributed by atoms with van der Waals surface area (Å²) < 4.78 is 45.1. The average molecular weight is 488 g/mol. The summed E-state index contributed by atoms with van der Waals surface area (Å²) in [6.45, 7) is 4.10. The maximum atomic E-state index is 12.8. The van der Waals surface area contributed by atoms with E-state index in [1.807, 2.05) is 18.2 Å². The summed E-state index contributed by atoms with van der Waals surface area (Å²) in [6, 6.07) is 13.5. The van der Waals surface area contributed by atoms with Crippen molar-refractivity contribution >= 4 is 15.7 Å². The molecule has 0 saturated carbocycles. The lowest BCUT2D eigenvalue weighted by Crippen LogP contribution is -2.43. The van der Waals surface area contributed by atoms with Gasteiger partial charge in [0.05, 0.1) is 19.1 Å². The molecule has 1 saturated heterocycles. The molecule has 0 amide bonds.